The number of rotatable bonds is 50. The molecule has 3 unspecified atom stereocenters. The number of unbranched alkanes of at least 4 members (excludes halogenated alkanes) is 33. The number of likely N-dealkylation sites (N-methyl/N-ethyl adjacent to an activating group) is 1. The first-order valence-electron chi connectivity index (χ1n) is 27.4. The van der Waals surface area contributed by atoms with E-state index >= 15 is 0 Å². The third-order valence-electron chi connectivity index (χ3n) is 12.3. The van der Waals surface area contributed by atoms with Gasteiger partial charge in [0.05, 0.1) is 39.9 Å². The first-order chi connectivity index (χ1) is 31.0. The van der Waals surface area contributed by atoms with E-state index in [4.69, 9.17) is 9.05 Å². The number of nitrogens with one attached hydrogen (secondary N) is 1. The van der Waals surface area contributed by atoms with Crippen molar-refractivity contribution in [1.29, 1.82) is 0 Å². The van der Waals surface area contributed by atoms with Crippen molar-refractivity contribution in [1.82, 2.24) is 5.32 Å². The van der Waals surface area contributed by atoms with Gasteiger partial charge in [-0.3, -0.25) is 9.36 Å². The van der Waals surface area contributed by atoms with Crippen LogP contribution in [-0.2, 0) is 18.4 Å². The maximum absolute atomic E-state index is 12.9. The molecular weight excluding hydrogens is 816 g/mol. The Morgan fingerprint density at radius 3 is 1.27 bits per heavy atom. The molecule has 0 rings (SSSR count). The smallest absolute Gasteiger partial charge is 0.268 e. The van der Waals surface area contributed by atoms with Crippen LogP contribution in [0.15, 0.2) is 36.5 Å². The molecule has 0 spiro atoms. The molecule has 0 aliphatic carbocycles. The van der Waals surface area contributed by atoms with Crippen LogP contribution in [0, 0.1) is 0 Å². The van der Waals surface area contributed by atoms with Crippen molar-refractivity contribution < 1.29 is 32.9 Å². The van der Waals surface area contributed by atoms with Crippen molar-refractivity contribution in [2.75, 3.05) is 40.9 Å². The summed E-state index contributed by atoms with van der Waals surface area (Å²) in [7, 11) is 1.24. The van der Waals surface area contributed by atoms with Crippen LogP contribution < -0.4 is 10.2 Å². The number of hydrogen-bond acceptors (Lipinski definition) is 6. The molecule has 0 aromatic carbocycles. The lowest BCUT2D eigenvalue weighted by Crippen LogP contribution is -2.45. The summed E-state index contributed by atoms with van der Waals surface area (Å²) in [6, 6.07) is -0.907. The van der Waals surface area contributed by atoms with Gasteiger partial charge in [0, 0.05) is 6.42 Å². The van der Waals surface area contributed by atoms with E-state index in [1.807, 2.05) is 27.2 Å². The number of phosphoric ester groups is 1. The van der Waals surface area contributed by atoms with E-state index in [1.54, 1.807) is 6.08 Å². The lowest BCUT2D eigenvalue weighted by Gasteiger charge is -2.29. The highest BCUT2D eigenvalue weighted by molar-refractivity contribution is 7.45. The Morgan fingerprint density at radius 2 is 0.875 bits per heavy atom. The van der Waals surface area contributed by atoms with Gasteiger partial charge < -0.3 is 28.8 Å². The highest BCUT2D eigenvalue weighted by Crippen LogP contribution is 2.38. The maximum Gasteiger partial charge on any atom is 0.268 e. The second-order valence-electron chi connectivity index (χ2n) is 19.9. The molecule has 378 valence electrons. The molecule has 0 bridgehead atoms. The van der Waals surface area contributed by atoms with E-state index in [-0.39, 0.29) is 12.5 Å². The number of carbonyl (C=O) groups is 1. The quantitative estimate of drug-likeness (QED) is 0.0272. The minimum atomic E-state index is -4.60. The number of aliphatic hydroxyl groups is 1. The standard InChI is InChI=1S/C55H107N2O6P/c1-6-8-10-12-14-16-18-20-22-23-24-25-26-27-28-29-30-31-32-33-34-35-36-38-40-42-44-46-48-54(58)53(52-63-64(60,61)62-51-50-57(3,4)5)56-55(59)49-47-45-43-41-39-37-21-19-17-15-13-11-9-7-2/h33-34,38,40,46,48,53-54,58H,6-32,35-37,39,41-45,47,49-52H2,1-5H3,(H-,56,59,60,61)/b34-33+,40-38+,48-46+. The van der Waals surface area contributed by atoms with E-state index < -0.39 is 26.6 Å². The summed E-state index contributed by atoms with van der Waals surface area (Å²) in [5.74, 6) is -0.209. The molecule has 3 atom stereocenters. The van der Waals surface area contributed by atoms with Gasteiger partial charge in [-0.05, 0) is 44.9 Å². The monoisotopic (exact) mass is 923 g/mol. The van der Waals surface area contributed by atoms with Gasteiger partial charge in [-0.1, -0.05) is 243 Å². The average Bonchev–Trinajstić information content (AvgIpc) is 3.25. The summed E-state index contributed by atoms with van der Waals surface area (Å²) in [6.45, 7) is 4.64. The highest BCUT2D eigenvalue weighted by Gasteiger charge is 2.23. The Hall–Kier alpha value is -1.28. The Morgan fingerprint density at radius 1 is 0.531 bits per heavy atom. The van der Waals surface area contributed by atoms with Crippen LogP contribution in [0.4, 0.5) is 0 Å². The number of amides is 1. The van der Waals surface area contributed by atoms with E-state index in [0.29, 0.717) is 17.4 Å². The van der Waals surface area contributed by atoms with E-state index in [1.165, 1.54) is 193 Å². The topological polar surface area (TPSA) is 108 Å². The third kappa shape index (κ3) is 48.6. The van der Waals surface area contributed by atoms with Crippen molar-refractivity contribution in [2.24, 2.45) is 0 Å². The average molecular weight is 923 g/mol. The van der Waals surface area contributed by atoms with Crippen molar-refractivity contribution in [3.05, 3.63) is 36.5 Å². The van der Waals surface area contributed by atoms with Crippen LogP contribution in [0.5, 0.6) is 0 Å². The molecule has 9 heteroatoms. The molecule has 0 aromatic heterocycles. The van der Waals surface area contributed by atoms with Crippen molar-refractivity contribution in [3.63, 3.8) is 0 Å². The van der Waals surface area contributed by atoms with Crippen LogP contribution in [0.25, 0.3) is 0 Å². The molecule has 0 heterocycles. The normalized spacial score (nSPS) is 14.3. The van der Waals surface area contributed by atoms with Gasteiger partial charge in [0.1, 0.15) is 13.2 Å². The van der Waals surface area contributed by atoms with Crippen LogP contribution in [0.3, 0.4) is 0 Å². The Balaban J connectivity index is 4.25. The van der Waals surface area contributed by atoms with Crippen LogP contribution >= 0.6 is 7.82 Å². The molecule has 0 fully saturated rings. The summed E-state index contributed by atoms with van der Waals surface area (Å²) < 4.78 is 23.3. The summed E-state index contributed by atoms with van der Waals surface area (Å²) >= 11 is 0. The van der Waals surface area contributed by atoms with Crippen LogP contribution in [0.1, 0.15) is 258 Å². The lowest BCUT2D eigenvalue weighted by atomic mass is 10.0. The Bertz CT molecular complexity index is 1140. The largest absolute Gasteiger partial charge is 0.756 e. The molecule has 2 N–H and O–H groups in total. The molecule has 1 amide bonds. The highest BCUT2D eigenvalue weighted by atomic mass is 31.2. The van der Waals surface area contributed by atoms with Gasteiger partial charge in [-0.2, -0.15) is 0 Å². The number of carbonyl (C=O) groups excluding carboxylic acids is 1. The van der Waals surface area contributed by atoms with Crippen LogP contribution in [0.2, 0.25) is 0 Å². The summed E-state index contributed by atoms with van der Waals surface area (Å²) in [4.78, 5) is 25.4. The SMILES string of the molecule is CCCCCCCCCCCCCCCCCCCC/C=C/CC/C=C/CC/C=C/C(O)C(COP(=O)([O-])OCC[N+](C)(C)C)NC(=O)CCCCCCCCCCCCCCCC. The zero-order chi connectivity index (χ0) is 47.1. The summed E-state index contributed by atoms with van der Waals surface area (Å²) in [5, 5.41) is 13.8. The number of aliphatic hydroxyl groups excluding tert-OH is 1. The minimum Gasteiger partial charge on any atom is -0.756 e. The fourth-order valence-electron chi connectivity index (χ4n) is 8.01. The number of hydrogen-bond donors (Lipinski definition) is 2. The zero-order valence-electron chi connectivity index (χ0n) is 43.0. The van der Waals surface area contributed by atoms with Gasteiger partial charge in [0.25, 0.3) is 7.82 Å². The minimum absolute atomic E-state index is 0.00762. The van der Waals surface area contributed by atoms with Crippen molar-refractivity contribution in [3.8, 4) is 0 Å². The summed E-state index contributed by atoms with van der Waals surface area (Å²) in [5.41, 5.74) is 0. The van der Waals surface area contributed by atoms with Gasteiger partial charge >= 0.3 is 0 Å². The molecule has 64 heavy (non-hydrogen) atoms. The lowest BCUT2D eigenvalue weighted by molar-refractivity contribution is -0.870. The first kappa shape index (κ1) is 62.7. The number of nitrogens with zero attached hydrogens (tertiary/aromatic N) is 1. The number of allylic oxidation sites excluding steroid dienone is 5. The maximum atomic E-state index is 12.9. The van der Waals surface area contributed by atoms with Gasteiger partial charge in [0.2, 0.25) is 5.91 Å². The first-order valence-corrected chi connectivity index (χ1v) is 28.8. The van der Waals surface area contributed by atoms with Gasteiger partial charge in [-0.15, -0.1) is 0 Å². The fourth-order valence-corrected chi connectivity index (χ4v) is 8.73. The Labute approximate surface area is 397 Å². The van der Waals surface area contributed by atoms with Crippen LogP contribution in [-0.4, -0.2) is 68.5 Å². The molecule has 0 saturated carbocycles. The molecule has 0 aliphatic rings. The predicted molar refractivity (Wildman–Crippen MR) is 275 cm³/mol. The second-order valence-corrected chi connectivity index (χ2v) is 21.3. The second kappa shape index (κ2) is 46.8. The fraction of sp³-hybridized carbons (Fsp3) is 0.873. The molecule has 8 nitrogen and oxygen atoms in total. The number of quaternary nitrogens is 1. The molecule has 0 aliphatic heterocycles. The molecule has 0 saturated heterocycles. The summed E-state index contributed by atoms with van der Waals surface area (Å²) in [6.07, 6.45) is 59.4. The third-order valence-corrected chi connectivity index (χ3v) is 13.3. The predicted octanol–water partition coefficient (Wildman–Crippen LogP) is 15.6. The van der Waals surface area contributed by atoms with E-state index in [2.05, 4.69) is 43.5 Å². The number of phosphoric acid groups is 1. The zero-order valence-corrected chi connectivity index (χ0v) is 43.9. The van der Waals surface area contributed by atoms with Crippen molar-refractivity contribution >= 4 is 13.7 Å². The van der Waals surface area contributed by atoms with Gasteiger partial charge in [0.15, 0.2) is 0 Å². The van der Waals surface area contributed by atoms with E-state index in [0.717, 1.165) is 44.9 Å². The van der Waals surface area contributed by atoms with Gasteiger partial charge in [-0.25, -0.2) is 0 Å². The Kier molecular flexibility index (Phi) is 45.9. The molecular formula is C55H107N2O6P. The van der Waals surface area contributed by atoms with E-state index in [9.17, 15) is 19.4 Å². The molecule has 0 radical (unpaired) electrons. The molecule has 0 aromatic rings. The van der Waals surface area contributed by atoms with Crippen molar-refractivity contribution in [2.45, 2.75) is 270 Å².